The van der Waals surface area contributed by atoms with Gasteiger partial charge in [-0.15, -0.1) is 10.2 Å². The van der Waals surface area contributed by atoms with Crippen molar-refractivity contribution in [1.29, 1.82) is 0 Å². The van der Waals surface area contributed by atoms with Gasteiger partial charge >= 0.3 is 0 Å². The number of fused-ring (bicyclic) bond motifs is 1. The Hall–Kier alpha value is -3.65. The number of aromatic nitrogens is 3. The van der Waals surface area contributed by atoms with Crippen molar-refractivity contribution in [2.75, 3.05) is 10.7 Å². The molecule has 32 heavy (non-hydrogen) atoms. The van der Waals surface area contributed by atoms with Gasteiger partial charge in [-0.2, -0.15) is 0 Å². The zero-order valence-corrected chi connectivity index (χ0v) is 18.0. The molecule has 2 N–H and O–H groups in total. The van der Waals surface area contributed by atoms with Crippen LogP contribution in [0.25, 0.3) is 11.4 Å². The van der Waals surface area contributed by atoms with Gasteiger partial charge in [0.15, 0.2) is 5.82 Å². The number of hydrogen-bond acceptors (Lipinski definition) is 5. The number of carbonyl (C=O) groups excluding carboxylic acids is 1. The minimum absolute atomic E-state index is 0.199. The Bertz CT molecular complexity index is 1240. The number of aryl methyl sites for hydroxylation is 1. The predicted octanol–water partition coefficient (Wildman–Crippen LogP) is 4.79. The summed E-state index contributed by atoms with van der Waals surface area (Å²) in [4.78, 5) is 13.3. The molecule has 5 rings (SSSR count). The summed E-state index contributed by atoms with van der Waals surface area (Å²) in [6.07, 6.45) is 0. The van der Waals surface area contributed by atoms with E-state index in [1.807, 2.05) is 66.2 Å². The van der Waals surface area contributed by atoms with E-state index < -0.39 is 5.25 Å². The molecular formula is C24H20FN5OS. The normalized spacial score (nSPS) is 17.3. The lowest BCUT2D eigenvalue weighted by Crippen LogP contribution is -2.41. The first-order valence-electron chi connectivity index (χ1n) is 10.2. The number of anilines is 1. The molecule has 6 nitrogen and oxygen atoms in total. The van der Waals surface area contributed by atoms with Crippen molar-refractivity contribution in [3.8, 4) is 11.4 Å². The lowest BCUT2D eigenvalue weighted by Gasteiger charge is -2.33. The quantitative estimate of drug-likeness (QED) is 0.473. The van der Waals surface area contributed by atoms with Crippen molar-refractivity contribution < 1.29 is 9.18 Å². The average Bonchev–Trinajstić information content (AvgIpc) is 3.24. The molecule has 0 unspecified atom stereocenters. The first-order chi connectivity index (χ1) is 15.6. The molecule has 2 atom stereocenters. The molecule has 1 aromatic heterocycles. The fraction of sp³-hybridized carbons (Fsp3) is 0.125. The second kappa shape index (κ2) is 8.47. The van der Waals surface area contributed by atoms with Gasteiger partial charge in [0.1, 0.15) is 11.1 Å². The number of amides is 1. The SMILES string of the molecule is Cc1ccc([C@@H]2Nn3c(nnc3-c3ccccc3)S[C@H]2C(=O)Nc2ccc(F)cc2)cc1. The number of halogens is 1. The van der Waals surface area contributed by atoms with Crippen LogP contribution in [0.4, 0.5) is 10.1 Å². The lowest BCUT2D eigenvalue weighted by atomic mass is 10.0. The predicted molar refractivity (Wildman–Crippen MR) is 123 cm³/mol. The van der Waals surface area contributed by atoms with Gasteiger partial charge in [-0.25, -0.2) is 9.07 Å². The summed E-state index contributed by atoms with van der Waals surface area (Å²) in [5, 5.41) is 11.7. The second-order valence-electron chi connectivity index (χ2n) is 7.56. The van der Waals surface area contributed by atoms with Crippen LogP contribution in [0.1, 0.15) is 17.2 Å². The standard InChI is InChI=1S/C24H20FN5OS/c1-15-7-9-16(10-8-15)20-21(23(31)26-19-13-11-18(25)12-14-19)32-24-28-27-22(30(24)29-20)17-5-3-2-4-6-17/h2-14,20-21,29H,1H3,(H,26,31)/t20-,21+/m0/s1. The van der Waals surface area contributed by atoms with E-state index in [9.17, 15) is 9.18 Å². The number of rotatable bonds is 4. The maximum Gasteiger partial charge on any atom is 0.240 e. The number of thioether (sulfide) groups is 1. The van der Waals surface area contributed by atoms with Gasteiger partial charge in [-0.3, -0.25) is 4.79 Å². The Morgan fingerprint density at radius 1 is 1.00 bits per heavy atom. The van der Waals surface area contributed by atoms with Crippen molar-refractivity contribution in [1.82, 2.24) is 14.9 Å². The molecule has 0 saturated carbocycles. The molecule has 0 bridgehead atoms. The number of nitrogens with zero attached hydrogens (tertiary/aromatic N) is 3. The van der Waals surface area contributed by atoms with Crippen LogP contribution < -0.4 is 10.7 Å². The number of carbonyl (C=O) groups is 1. The summed E-state index contributed by atoms with van der Waals surface area (Å²) >= 11 is 1.35. The van der Waals surface area contributed by atoms with Crippen LogP contribution in [-0.2, 0) is 4.79 Å². The van der Waals surface area contributed by atoms with Crippen LogP contribution in [0, 0.1) is 12.7 Å². The van der Waals surface area contributed by atoms with Crippen LogP contribution in [0.2, 0.25) is 0 Å². The lowest BCUT2D eigenvalue weighted by molar-refractivity contribution is -0.116. The monoisotopic (exact) mass is 445 g/mol. The topological polar surface area (TPSA) is 71.8 Å². The number of nitrogens with one attached hydrogen (secondary N) is 2. The van der Waals surface area contributed by atoms with Crippen molar-refractivity contribution in [2.24, 2.45) is 0 Å². The fourth-order valence-electron chi connectivity index (χ4n) is 3.60. The Morgan fingerprint density at radius 2 is 1.72 bits per heavy atom. The highest BCUT2D eigenvalue weighted by Gasteiger charge is 2.38. The van der Waals surface area contributed by atoms with Gasteiger partial charge in [-0.1, -0.05) is 71.9 Å². The highest BCUT2D eigenvalue weighted by atomic mass is 32.2. The van der Waals surface area contributed by atoms with Crippen molar-refractivity contribution in [3.05, 3.63) is 95.8 Å². The summed E-state index contributed by atoms with van der Waals surface area (Å²) in [6, 6.07) is 23.3. The summed E-state index contributed by atoms with van der Waals surface area (Å²) in [5.74, 6) is 0.133. The van der Waals surface area contributed by atoms with Gasteiger partial charge in [0.05, 0.1) is 6.04 Å². The number of benzene rings is 3. The molecule has 0 fully saturated rings. The Morgan fingerprint density at radius 3 is 2.44 bits per heavy atom. The van der Waals surface area contributed by atoms with E-state index in [-0.39, 0.29) is 17.8 Å². The van der Waals surface area contributed by atoms with E-state index in [0.717, 1.165) is 16.7 Å². The van der Waals surface area contributed by atoms with Gasteiger partial charge in [0, 0.05) is 11.3 Å². The highest BCUT2D eigenvalue weighted by molar-refractivity contribution is 8.00. The van der Waals surface area contributed by atoms with E-state index in [0.29, 0.717) is 16.7 Å². The van der Waals surface area contributed by atoms with E-state index in [2.05, 4.69) is 20.9 Å². The molecule has 1 aliphatic heterocycles. The van der Waals surface area contributed by atoms with Crippen molar-refractivity contribution in [2.45, 2.75) is 23.4 Å². The van der Waals surface area contributed by atoms with Gasteiger partial charge in [0.25, 0.3) is 0 Å². The van der Waals surface area contributed by atoms with Crippen molar-refractivity contribution in [3.63, 3.8) is 0 Å². The molecule has 4 aromatic rings. The Balaban J connectivity index is 1.50. The third kappa shape index (κ3) is 3.97. The molecule has 1 amide bonds. The van der Waals surface area contributed by atoms with Crippen LogP contribution >= 0.6 is 11.8 Å². The molecule has 3 aromatic carbocycles. The third-order valence-corrected chi connectivity index (χ3v) is 6.49. The van der Waals surface area contributed by atoms with Gasteiger partial charge in [-0.05, 0) is 36.8 Å². The zero-order valence-electron chi connectivity index (χ0n) is 17.2. The summed E-state index contributed by atoms with van der Waals surface area (Å²) in [6.45, 7) is 2.02. The molecular weight excluding hydrogens is 425 g/mol. The average molecular weight is 446 g/mol. The molecule has 0 spiro atoms. The molecule has 160 valence electrons. The van der Waals surface area contributed by atoms with E-state index in [1.165, 1.54) is 23.9 Å². The maximum atomic E-state index is 13.3. The molecule has 0 saturated heterocycles. The van der Waals surface area contributed by atoms with Crippen molar-refractivity contribution >= 4 is 23.4 Å². The minimum atomic E-state index is -0.511. The third-order valence-electron chi connectivity index (χ3n) is 5.28. The Labute approximate surface area is 188 Å². The molecule has 1 aliphatic rings. The van der Waals surface area contributed by atoms with Crippen LogP contribution in [0.5, 0.6) is 0 Å². The summed E-state index contributed by atoms with van der Waals surface area (Å²) in [7, 11) is 0. The minimum Gasteiger partial charge on any atom is -0.325 e. The molecule has 0 aliphatic carbocycles. The van der Waals surface area contributed by atoms with Gasteiger partial charge in [0.2, 0.25) is 11.1 Å². The molecule has 0 radical (unpaired) electrons. The zero-order chi connectivity index (χ0) is 22.1. The first kappa shape index (κ1) is 20.3. The van der Waals surface area contributed by atoms with E-state index in [4.69, 9.17) is 0 Å². The van der Waals surface area contributed by atoms with Crippen LogP contribution in [-0.4, -0.2) is 26.0 Å². The van der Waals surface area contributed by atoms with E-state index in [1.54, 1.807) is 12.1 Å². The van der Waals surface area contributed by atoms with E-state index >= 15 is 0 Å². The Kier molecular flexibility index (Phi) is 5.36. The summed E-state index contributed by atoms with van der Waals surface area (Å²) < 4.78 is 15.1. The summed E-state index contributed by atoms with van der Waals surface area (Å²) in [5.41, 5.74) is 7.03. The number of hydrogen-bond donors (Lipinski definition) is 2. The van der Waals surface area contributed by atoms with Crippen LogP contribution in [0.15, 0.2) is 84.0 Å². The molecule has 2 heterocycles. The first-order valence-corrected chi connectivity index (χ1v) is 11.0. The second-order valence-corrected chi connectivity index (χ2v) is 8.67. The van der Waals surface area contributed by atoms with Crippen LogP contribution in [0.3, 0.4) is 0 Å². The largest absolute Gasteiger partial charge is 0.325 e. The maximum absolute atomic E-state index is 13.3. The smallest absolute Gasteiger partial charge is 0.240 e. The highest BCUT2D eigenvalue weighted by Crippen LogP contribution is 2.39. The molecule has 8 heteroatoms. The fourth-order valence-corrected chi connectivity index (χ4v) is 4.68. The van der Waals surface area contributed by atoms with Gasteiger partial charge < -0.3 is 10.7 Å².